The predicted octanol–water partition coefficient (Wildman–Crippen LogP) is 1.45. The molecule has 2 aliphatic rings. The molecule has 0 saturated carbocycles. The van der Waals surface area contributed by atoms with Crippen LogP contribution >= 0.6 is 11.3 Å². The molecule has 8 nitrogen and oxygen atoms in total. The molecule has 0 fully saturated rings. The molecule has 2 aromatic rings. The summed E-state index contributed by atoms with van der Waals surface area (Å²) in [4.78, 5) is 31.2. The van der Waals surface area contributed by atoms with Crippen LogP contribution in [0.5, 0.6) is 5.75 Å². The average molecular weight is 369 g/mol. The fraction of sp³-hybridized carbons (Fsp3) is 0.294. The number of aryl methyl sites for hydroxylation is 1. The van der Waals surface area contributed by atoms with E-state index in [9.17, 15) is 14.9 Å². The van der Waals surface area contributed by atoms with Crippen LogP contribution in [-0.2, 0) is 22.4 Å². The van der Waals surface area contributed by atoms with Crippen molar-refractivity contribution >= 4 is 39.8 Å². The highest BCUT2D eigenvalue weighted by Crippen LogP contribution is 2.38. The lowest BCUT2D eigenvalue weighted by Crippen LogP contribution is -2.44. The van der Waals surface area contributed by atoms with E-state index in [4.69, 9.17) is 10.5 Å². The van der Waals surface area contributed by atoms with Gasteiger partial charge in [-0.25, -0.2) is 4.98 Å². The van der Waals surface area contributed by atoms with Crippen LogP contribution in [0.1, 0.15) is 22.4 Å². The maximum atomic E-state index is 12.5. The summed E-state index contributed by atoms with van der Waals surface area (Å²) in [7, 11) is 0. The van der Waals surface area contributed by atoms with Crippen molar-refractivity contribution in [3.63, 3.8) is 0 Å². The lowest BCUT2D eigenvalue weighted by molar-refractivity contribution is -0.123. The van der Waals surface area contributed by atoms with Crippen molar-refractivity contribution in [2.45, 2.75) is 19.3 Å². The van der Waals surface area contributed by atoms with Gasteiger partial charge in [0.2, 0.25) is 5.91 Å². The number of nitrogens with two attached hydrogens (primary N) is 1. The van der Waals surface area contributed by atoms with Crippen LogP contribution in [0.25, 0.3) is 0 Å². The third-order valence-corrected chi connectivity index (χ3v) is 5.56. The third kappa shape index (κ3) is 2.74. The van der Waals surface area contributed by atoms with Crippen molar-refractivity contribution in [2.75, 3.05) is 29.1 Å². The Balaban J connectivity index is 1.55. The standard InChI is InChI=1S/C17H15N5O3S/c18-6-10-9-2-1-3-12(9)26-17(10)21-14(23)7-22-15(24)8-25-11-4-5-13(19)20-16(11)22/h4-5H,1-3,7-8H2,(H2,19,20)(H,21,23). The Labute approximate surface area is 153 Å². The summed E-state index contributed by atoms with van der Waals surface area (Å²) >= 11 is 1.43. The molecule has 1 aliphatic carbocycles. The van der Waals surface area contributed by atoms with Gasteiger partial charge >= 0.3 is 0 Å². The molecular formula is C17H15N5O3S. The normalized spacial score (nSPS) is 15.0. The zero-order valence-corrected chi connectivity index (χ0v) is 14.6. The van der Waals surface area contributed by atoms with Gasteiger partial charge in [0.05, 0.1) is 5.56 Å². The Hall–Kier alpha value is -3.12. The van der Waals surface area contributed by atoms with E-state index in [2.05, 4.69) is 16.4 Å². The van der Waals surface area contributed by atoms with E-state index in [1.165, 1.54) is 16.2 Å². The van der Waals surface area contributed by atoms with Gasteiger partial charge < -0.3 is 15.8 Å². The van der Waals surface area contributed by atoms with Crippen molar-refractivity contribution in [1.82, 2.24) is 4.98 Å². The van der Waals surface area contributed by atoms with Gasteiger partial charge in [0.1, 0.15) is 23.4 Å². The van der Waals surface area contributed by atoms with Crippen LogP contribution in [0, 0.1) is 11.3 Å². The number of thiophene rings is 1. The lowest BCUT2D eigenvalue weighted by Gasteiger charge is -2.27. The molecule has 0 bridgehead atoms. The number of ether oxygens (including phenoxy) is 1. The number of nitrogen functional groups attached to an aromatic ring is 1. The third-order valence-electron chi connectivity index (χ3n) is 4.36. The van der Waals surface area contributed by atoms with Gasteiger partial charge in [0.15, 0.2) is 18.2 Å². The van der Waals surface area contributed by atoms with E-state index >= 15 is 0 Å². The molecule has 0 spiro atoms. The monoisotopic (exact) mass is 369 g/mol. The zero-order valence-electron chi connectivity index (χ0n) is 13.7. The van der Waals surface area contributed by atoms with Crippen LogP contribution in [-0.4, -0.2) is 29.9 Å². The highest BCUT2D eigenvalue weighted by Gasteiger charge is 2.30. The molecule has 3 heterocycles. The van der Waals surface area contributed by atoms with Gasteiger partial charge in [-0.2, -0.15) is 5.26 Å². The summed E-state index contributed by atoms with van der Waals surface area (Å²) in [5.41, 5.74) is 7.25. The maximum absolute atomic E-state index is 12.5. The fourth-order valence-electron chi connectivity index (χ4n) is 3.18. The molecule has 0 radical (unpaired) electrons. The summed E-state index contributed by atoms with van der Waals surface area (Å²) in [6.45, 7) is -0.387. The minimum absolute atomic E-state index is 0.164. The van der Waals surface area contributed by atoms with Crippen LogP contribution in [0.3, 0.4) is 0 Å². The first-order valence-corrected chi connectivity index (χ1v) is 8.92. The molecule has 132 valence electrons. The Morgan fingerprint density at radius 2 is 2.31 bits per heavy atom. The lowest BCUT2D eigenvalue weighted by atomic mass is 10.1. The van der Waals surface area contributed by atoms with Gasteiger partial charge in [-0.05, 0) is 37.0 Å². The molecule has 0 aromatic carbocycles. The molecule has 1 aliphatic heterocycles. The second-order valence-electron chi connectivity index (χ2n) is 6.05. The van der Waals surface area contributed by atoms with Crippen molar-refractivity contribution in [3.8, 4) is 11.8 Å². The molecule has 2 aromatic heterocycles. The molecule has 0 saturated heterocycles. The minimum atomic E-state index is -0.396. The van der Waals surface area contributed by atoms with Crippen molar-refractivity contribution in [3.05, 3.63) is 28.1 Å². The van der Waals surface area contributed by atoms with Gasteiger partial charge in [0.25, 0.3) is 5.91 Å². The Kier molecular flexibility index (Phi) is 3.97. The van der Waals surface area contributed by atoms with Gasteiger partial charge in [-0.15, -0.1) is 11.3 Å². The second-order valence-corrected chi connectivity index (χ2v) is 7.15. The molecule has 26 heavy (non-hydrogen) atoms. The van der Waals surface area contributed by atoms with E-state index in [0.29, 0.717) is 16.3 Å². The molecule has 4 rings (SSSR count). The van der Waals surface area contributed by atoms with E-state index in [1.807, 2.05) is 0 Å². The minimum Gasteiger partial charge on any atom is -0.480 e. The predicted molar refractivity (Wildman–Crippen MR) is 96.2 cm³/mol. The number of pyridine rings is 1. The maximum Gasteiger partial charge on any atom is 0.266 e. The zero-order chi connectivity index (χ0) is 18.3. The van der Waals surface area contributed by atoms with Crippen molar-refractivity contribution in [2.24, 2.45) is 0 Å². The number of rotatable bonds is 3. The van der Waals surface area contributed by atoms with E-state index in [-0.39, 0.29) is 30.7 Å². The first-order chi connectivity index (χ1) is 12.6. The number of nitrogens with zero attached hydrogens (tertiary/aromatic N) is 3. The van der Waals surface area contributed by atoms with E-state index in [0.717, 1.165) is 29.7 Å². The summed E-state index contributed by atoms with van der Waals surface area (Å²) < 4.78 is 5.32. The number of hydrogen-bond acceptors (Lipinski definition) is 7. The smallest absolute Gasteiger partial charge is 0.266 e. The molecule has 9 heteroatoms. The summed E-state index contributed by atoms with van der Waals surface area (Å²) in [5, 5.41) is 12.7. The second kappa shape index (κ2) is 6.31. The summed E-state index contributed by atoms with van der Waals surface area (Å²) in [5.74, 6) is 0.0886. The number of fused-ring (bicyclic) bond motifs is 2. The highest BCUT2D eigenvalue weighted by atomic mass is 32.1. The number of carbonyl (C=O) groups is 2. The van der Waals surface area contributed by atoms with Crippen molar-refractivity contribution in [1.29, 1.82) is 5.26 Å². The quantitative estimate of drug-likeness (QED) is 0.844. The molecular weight excluding hydrogens is 354 g/mol. The molecule has 0 atom stereocenters. The number of anilines is 3. The van der Waals surface area contributed by atoms with E-state index in [1.54, 1.807) is 12.1 Å². The molecule has 2 amide bonds. The van der Waals surface area contributed by atoms with Gasteiger partial charge in [-0.1, -0.05) is 0 Å². The Morgan fingerprint density at radius 3 is 3.12 bits per heavy atom. The van der Waals surface area contributed by atoms with Crippen LogP contribution in [0.15, 0.2) is 12.1 Å². The fourth-order valence-corrected chi connectivity index (χ4v) is 4.43. The topological polar surface area (TPSA) is 121 Å². The Bertz CT molecular complexity index is 962. The van der Waals surface area contributed by atoms with Crippen molar-refractivity contribution < 1.29 is 14.3 Å². The van der Waals surface area contributed by atoms with E-state index < -0.39 is 5.91 Å². The van der Waals surface area contributed by atoms with Gasteiger partial charge in [-0.3, -0.25) is 14.5 Å². The first kappa shape index (κ1) is 16.4. The number of nitrogens with one attached hydrogen (secondary N) is 1. The first-order valence-electron chi connectivity index (χ1n) is 8.11. The SMILES string of the molecule is N#Cc1c(NC(=O)CN2C(=O)COc3ccc(N)nc32)sc2c1CCC2. The molecule has 0 unspecified atom stereocenters. The summed E-state index contributed by atoms with van der Waals surface area (Å²) in [6, 6.07) is 5.37. The number of amides is 2. The van der Waals surface area contributed by atoms with Crippen LogP contribution < -0.4 is 20.7 Å². The summed E-state index contributed by atoms with van der Waals surface area (Å²) in [6.07, 6.45) is 2.84. The van der Waals surface area contributed by atoms with Crippen LogP contribution in [0.2, 0.25) is 0 Å². The number of nitriles is 1. The Morgan fingerprint density at radius 1 is 1.46 bits per heavy atom. The highest BCUT2D eigenvalue weighted by molar-refractivity contribution is 7.16. The number of hydrogen-bond donors (Lipinski definition) is 2. The average Bonchev–Trinajstić information content (AvgIpc) is 3.18. The van der Waals surface area contributed by atoms with Gasteiger partial charge in [0, 0.05) is 4.88 Å². The largest absolute Gasteiger partial charge is 0.480 e. The number of aromatic nitrogens is 1. The molecule has 3 N–H and O–H groups in total. The number of carbonyl (C=O) groups excluding carboxylic acids is 2. The van der Waals surface area contributed by atoms with Crippen LogP contribution in [0.4, 0.5) is 16.6 Å².